The van der Waals surface area contributed by atoms with Crippen molar-refractivity contribution in [3.8, 4) is 0 Å². The van der Waals surface area contributed by atoms with Crippen LogP contribution in [-0.4, -0.2) is 47.1 Å². The Hall–Kier alpha value is -1.07. The molecule has 0 bridgehead atoms. The number of rotatable bonds is 7. The molecule has 0 aromatic carbocycles. The molecule has 1 saturated heterocycles. The Kier molecular flexibility index (Phi) is 6.33. The molecule has 1 fully saturated rings. The number of pyridine rings is 1. The Balaban J connectivity index is 1.96. The molecule has 1 amide bonds. The summed E-state index contributed by atoms with van der Waals surface area (Å²) in [5, 5.41) is 0. The van der Waals surface area contributed by atoms with Gasteiger partial charge in [-0.25, -0.2) is 0 Å². The van der Waals surface area contributed by atoms with E-state index in [1.165, 1.54) is 0 Å². The Morgan fingerprint density at radius 1 is 1.55 bits per heavy atom. The molecule has 5 heteroatoms. The predicted molar refractivity (Wildman–Crippen MR) is 81.6 cm³/mol. The average molecular weight is 294 g/mol. The van der Waals surface area contributed by atoms with Crippen LogP contribution >= 0.6 is 11.8 Å². The molecule has 1 aliphatic rings. The van der Waals surface area contributed by atoms with Crippen LogP contribution in [0.25, 0.3) is 0 Å². The third kappa shape index (κ3) is 4.80. The van der Waals surface area contributed by atoms with Gasteiger partial charge >= 0.3 is 0 Å². The summed E-state index contributed by atoms with van der Waals surface area (Å²) >= 11 is 1.70. The quantitative estimate of drug-likeness (QED) is 0.774. The lowest BCUT2D eigenvalue weighted by atomic mass is 10.2. The standard InChI is InChI=1S/C15H22N2O2S/c1-20-10-7-15(18)17(12-14-6-4-9-19-14)11-13-5-2-3-8-16-13/h2-3,5,8,14H,4,6-7,9-12H2,1H3. The average Bonchev–Trinajstić information content (AvgIpc) is 2.98. The van der Waals surface area contributed by atoms with Gasteiger partial charge in [0.05, 0.1) is 18.3 Å². The molecule has 1 aromatic heterocycles. The molecule has 20 heavy (non-hydrogen) atoms. The summed E-state index contributed by atoms with van der Waals surface area (Å²) in [6, 6.07) is 5.81. The minimum atomic E-state index is 0.192. The van der Waals surface area contributed by atoms with E-state index >= 15 is 0 Å². The number of hydrogen-bond acceptors (Lipinski definition) is 4. The van der Waals surface area contributed by atoms with E-state index in [1.807, 2.05) is 29.4 Å². The fourth-order valence-electron chi connectivity index (χ4n) is 2.32. The fraction of sp³-hybridized carbons (Fsp3) is 0.600. The van der Waals surface area contributed by atoms with Crippen LogP contribution in [0.1, 0.15) is 25.0 Å². The number of carbonyl (C=O) groups excluding carboxylic acids is 1. The maximum absolute atomic E-state index is 12.3. The molecule has 1 atom stereocenters. The molecule has 1 aromatic rings. The van der Waals surface area contributed by atoms with Crippen molar-refractivity contribution in [2.45, 2.75) is 31.9 Å². The molecule has 2 heterocycles. The smallest absolute Gasteiger partial charge is 0.223 e. The molecule has 1 aliphatic heterocycles. The van der Waals surface area contributed by atoms with E-state index in [0.29, 0.717) is 19.5 Å². The van der Waals surface area contributed by atoms with Crippen LogP contribution in [0, 0.1) is 0 Å². The van der Waals surface area contributed by atoms with Gasteiger partial charge in [0.25, 0.3) is 0 Å². The van der Waals surface area contributed by atoms with Gasteiger partial charge in [-0.15, -0.1) is 0 Å². The zero-order valence-electron chi connectivity index (χ0n) is 12.0. The topological polar surface area (TPSA) is 42.4 Å². The minimum absolute atomic E-state index is 0.192. The second-order valence-electron chi connectivity index (χ2n) is 4.97. The third-order valence-corrected chi connectivity index (χ3v) is 4.01. The van der Waals surface area contributed by atoms with Crippen molar-refractivity contribution in [1.29, 1.82) is 0 Å². The molecule has 0 saturated carbocycles. The van der Waals surface area contributed by atoms with Gasteiger partial charge < -0.3 is 9.64 Å². The van der Waals surface area contributed by atoms with Crippen molar-refractivity contribution >= 4 is 17.7 Å². The summed E-state index contributed by atoms with van der Waals surface area (Å²) in [4.78, 5) is 18.5. The molecule has 0 spiro atoms. The van der Waals surface area contributed by atoms with E-state index in [-0.39, 0.29) is 12.0 Å². The van der Waals surface area contributed by atoms with Gasteiger partial charge in [0.15, 0.2) is 0 Å². The van der Waals surface area contributed by atoms with Crippen molar-refractivity contribution in [3.05, 3.63) is 30.1 Å². The van der Waals surface area contributed by atoms with Crippen LogP contribution in [0.15, 0.2) is 24.4 Å². The summed E-state index contributed by atoms with van der Waals surface area (Å²) in [5.41, 5.74) is 0.933. The Morgan fingerprint density at radius 3 is 3.10 bits per heavy atom. The first-order chi connectivity index (χ1) is 9.79. The van der Waals surface area contributed by atoms with E-state index < -0.39 is 0 Å². The summed E-state index contributed by atoms with van der Waals surface area (Å²) in [5.74, 6) is 1.06. The Labute approximate surface area is 124 Å². The Morgan fingerprint density at radius 2 is 2.45 bits per heavy atom. The molecule has 110 valence electrons. The first kappa shape index (κ1) is 15.3. The van der Waals surface area contributed by atoms with Gasteiger partial charge in [0, 0.05) is 31.5 Å². The van der Waals surface area contributed by atoms with Crippen LogP contribution in [0.5, 0.6) is 0 Å². The molecular formula is C15H22N2O2S. The third-order valence-electron chi connectivity index (χ3n) is 3.40. The summed E-state index contributed by atoms with van der Waals surface area (Å²) in [6.45, 7) is 2.08. The van der Waals surface area contributed by atoms with E-state index in [0.717, 1.165) is 30.9 Å². The summed E-state index contributed by atoms with van der Waals surface area (Å²) in [6.07, 6.45) is 6.72. The molecule has 0 N–H and O–H groups in total. The van der Waals surface area contributed by atoms with Gasteiger partial charge in [-0.3, -0.25) is 9.78 Å². The highest BCUT2D eigenvalue weighted by Crippen LogP contribution is 2.15. The minimum Gasteiger partial charge on any atom is -0.376 e. The second kappa shape index (κ2) is 8.27. The van der Waals surface area contributed by atoms with E-state index in [2.05, 4.69) is 4.98 Å². The summed E-state index contributed by atoms with van der Waals surface area (Å²) in [7, 11) is 0. The maximum Gasteiger partial charge on any atom is 0.223 e. The number of hydrogen-bond donors (Lipinski definition) is 0. The molecule has 0 radical (unpaired) electrons. The number of nitrogens with zero attached hydrogens (tertiary/aromatic N) is 2. The molecular weight excluding hydrogens is 272 g/mol. The highest BCUT2D eigenvalue weighted by atomic mass is 32.2. The number of carbonyl (C=O) groups is 1. The van der Waals surface area contributed by atoms with Crippen LogP contribution in [0.3, 0.4) is 0 Å². The number of amides is 1. The first-order valence-electron chi connectivity index (χ1n) is 7.08. The largest absolute Gasteiger partial charge is 0.376 e. The Bertz CT molecular complexity index is 408. The van der Waals surface area contributed by atoms with E-state index in [4.69, 9.17) is 4.74 Å². The van der Waals surface area contributed by atoms with Gasteiger partial charge in [-0.05, 0) is 31.2 Å². The SMILES string of the molecule is CSCCC(=O)N(Cc1ccccn1)CC1CCCO1. The first-order valence-corrected chi connectivity index (χ1v) is 8.47. The van der Waals surface area contributed by atoms with E-state index in [9.17, 15) is 4.79 Å². The maximum atomic E-state index is 12.3. The van der Waals surface area contributed by atoms with Crippen LogP contribution in [0.4, 0.5) is 0 Å². The van der Waals surface area contributed by atoms with Gasteiger partial charge in [-0.2, -0.15) is 11.8 Å². The second-order valence-corrected chi connectivity index (χ2v) is 5.96. The number of aromatic nitrogens is 1. The molecule has 1 unspecified atom stereocenters. The monoisotopic (exact) mass is 294 g/mol. The fourth-order valence-corrected chi connectivity index (χ4v) is 2.70. The van der Waals surface area contributed by atoms with Crippen molar-refractivity contribution in [2.24, 2.45) is 0 Å². The van der Waals surface area contributed by atoms with Gasteiger partial charge in [0.1, 0.15) is 0 Å². The van der Waals surface area contributed by atoms with Crippen molar-refractivity contribution in [3.63, 3.8) is 0 Å². The lowest BCUT2D eigenvalue weighted by molar-refractivity contribution is -0.133. The van der Waals surface area contributed by atoms with Crippen LogP contribution in [-0.2, 0) is 16.1 Å². The molecule has 4 nitrogen and oxygen atoms in total. The van der Waals surface area contributed by atoms with Gasteiger partial charge in [0.2, 0.25) is 5.91 Å². The van der Waals surface area contributed by atoms with Gasteiger partial charge in [-0.1, -0.05) is 6.07 Å². The zero-order valence-corrected chi connectivity index (χ0v) is 12.8. The highest BCUT2D eigenvalue weighted by molar-refractivity contribution is 7.98. The van der Waals surface area contributed by atoms with Crippen molar-refractivity contribution in [2.75, 3.05) is 25.2 Å². The van der Waals surface area contributed by atoms with Crippen molar-refractivity contribution < 1.29 is 9.53 Å². The normalized spacial score (nSPS) is 18.1. The number of thioether (sulfide) groups is 1. The number of ether oxygens (including phenoxy) is 1. The van der Waals surface area contributed by atoms with Crippen LogP contribution < -0.4 is 0 Å². The molecule has 2 rings (SSSR count). The van der Waals surface area contributed by atoms with E-state index in [1.54, 1.807) is 18.0 Å². The molecule has 0 aliphatic carbocycles. The van der Waals surface area contributed by atoms with Crippen molar-refractivity contribution in [1.82, 2.24) is 9.88 Å². The lowest BCUT2D eigenvalue weighted by Crippen LogP contribution is -2.37. The lowest BCUT2D eigenvalue weighted by Gasteiger charge is -2.25. The van der Waals surface area contributed by atoms with Crippen LogP contribution in [0.2, 0.25) is 0 Å². The summed E-state index contributed by atoms with van der Waals surface area (Å²) < 4.78 is 5.66. The predicted octanol–water partition coefficient (Wildman–Crippen LogP) is 2.34. The highest BCUT2D eigenvalue weighted by Gasteiger charge is 2.22. The zero-order chi connectivity index (χ0) is 14.2.